The van der Waals surface area contributed by atoms with Crippen molar-refractivity contribution in [3.05, 3.63) is 70.6 Å². The molecular weight excluding hydrogens is 392 g/mol. The molecule has 2 aromatic carbocycles. The zero-order valence-electron chi connectivity index (χ0n) is 15.9. The molecule has 1 aliphatic rings. The molecule has 1 fully saturated rings. The summed E-state index contributed by atoms with van der Waals surface area (Å²) in [5, 5.41) is 5.29. The van der Waals surface area contributed by atoms with Crippen molar-refractivity contribution in [3.63, 3.8) is 0 Å². The number of carbonyl (C=O) groups excluding carboxylic acids is 1. The molecule has 0 saturated carbocycles. The largest absolute Gasteiger partial charge is 0.335 e. The van der Waals surface area contributed by atoms with Gasteiger partial charge in [0.05, 0.1) is 17.3 Å². The van der Waals surface area contributed by atoms with Gasteiger partial charge in [0, 0.05) is 31.6 Å². The summed E-state index contributed by atoms with van der Waals surface area (Å²) in [6.45, 7) is 1.01. The Hall–Kier alpha value is -3.04. The van der Waals surface area contributed by atoms with E-state index >= 15 is 0 Å². The van der Waals surface area contributed by atoms with E-state index in [0.717, 1.165) is 6.26 Å². The molecule has 0 radical (unpaired) electrons. The van der Waals surface area contributed by atoms with Gasteiger partial charge in [-0.25, -0.2) is 8.42 Å². The zero-order valence-corrected chi connectivity index (χ0v) is 16.7. The number of aromatic nitrogens is 2. The van der Waals surface area contributed by atoms with E-state index in [2.05, 4.69) is 5.10 Å². The third-order valence-corrected chi connectivity index (χ3v) is 6.31. The summed E-state index contributed by atoms with van der Waals surface area (Å²) in [5.74, 6) is -0.320. The first-order chi connectivity index (χ1) is 13.9. The van der Waals surface area contributed by atoms with Crippen LogP contribution < -0.4 is 5.56 Å². The van der Waals surface area contributed by atoms with Gasteiger partial charge in [-0.3, -0.25) is 9.59 Å². The number of fused-ring (bicyclic) bond motifs is 1. The first-order valence-corrected chi connectivity index (χ1v) is 11.0. The first-order valence-electron chi connectivity index (χ1n) is 9.18. The Morgan fingerprint density at radius 2 is 1.48 bits per heavy atom. The SMILES string of the molecule is CS(=O)(=O)N1CCN(C(=O)c2nn(-c3ccccc3)c(=O)c3ccccc23)CC1. The number of nitrogens with zero attached hydrogens (tertiary/aromatic N) is 4. The molecule has 0 atom stereocenters. The van der Waals surface area contributed by atoms with Crippen molar-refractivity contribution in [2.45, 2.75) is 0 Å². The van der Waals surface area contributed by atoms with Crippen LogP contribution in [-0.4, -0.2) is 65.7 Å². The number of para-hydroxylation sites is 1. The molecule has 1 aromatic heterocycles. The van der Waals surface area contributed by atoms with Crippen LogP contribution in [0.3, 0.4) is 0 Å². The molecule has 0 bridgehead atoms. The molecule has 0 N–H and O–H groups in total. The van der Waals surface area contributed by atoms with Gasteiger partial charge < -0.3 is 4.90 Å². The van der Waals surface area contributed by atoms with Gasteiger partial charge in [0.2, 0.25) is 10.0 Å². The van der Waals surface area contributed by atoms with Crippen LogP contribution in [0.15, 0.2) is 59.4 Å². The number of rotatable bonds is 3. The summed E-state index contributed by atoms with van der Waals surface area (Å²) in [6.07, 6.45) is 1.16. The quantitative estimate of drug-likeness (QED) is 0.642. The molecule has 150 valence electrons. The van der Waals surface area contributed by atoms with Crippen molar-refractivity contribution in [1.82, 2.24) is 19.0 Å². The smallest absolute Gasteiger partial charge is 0.279 e. The topological polar surface area (TPSA) is 92.6 Å². The lowest BCUT2D eigenvalue weighted by molar-refractivity contribution is 0.0692. The molecule has 3 aromatic rings. The third-order valence-electron chi connectivity index (χ3n) is 5.00. The Morgan fingerprint density at radius 3 is 2.10 bits per heavy atom. The summed E-state index contributed by atoms with van der Waals surface area (Å²) < 4.78 is 26.0. The molecule has 4 rings (SSSR count). The normalized spacial score (nSPS) is 15.6. The Morgan fingerprint density at radius 1 is 0.897 bits per heavy atom. The zero-order chi connectivity index (χ0) is 20.6. The summed E-state index contributed by atoms with van der Waals surface area (Å²) in [5.41, 5.74) is 0.446. The van der Waals surface area contributed by atoms with Gasteiger partial charge in [-0.15, -0.1) is 0 Å². The average molecular weight is 412 g/mol. The molecule has 9 heteroatoms. The van der Waals surface area contributed by atoms with E-state index in [1.54, 1.807) is 53.4 Å². The van der Waals surface area contributed by atoms with Gasteiger partial charge >= 0.3 is 0 Å². The van der Waals surface area contributed by atoms with Crippen molar-refractivity contribution in [1.29, 1.82) is 0 Å². The van der Waals surface area contributed by atoms with E-state index in [1.165, 1.54) is 8.99 Å². The summed E-state index contributed by atoms with van der Waals surface area (Å²) in [6, 6.07) is 15.8. The van der Waals surface area contributed by atoms with Gasteiger partial charge in [-0.1, -0.05) is 36.4 Å². The fraction of sp³-hybridized carbons (Fsp3) is 0.250. The standard InChI is InChI=1S/C20H20N4O4S/c1-29(27,28)23-13-11-22(12-14-23)20(26)18-16-9-5-6-10-17(16)19(25)24(21-18)15-7-3-2-4-8-15/h2-10H,11-14H2,1H3. The van der Waals surface area contributed by atoms with Gasteiger partial charge in [-0.05, 0) is 18.2 Å². The Kier molecular flexibility index (Phi) is 4.93. The second kappa shape index (κ2) is 7.41. The molecular formula is C20H20N4O4S. The van der Waals surface area contributed by atoms with Crippen LogP contribution >= 0.6 is 0 Å². The lowest BCUT2D eigenvalue weighted by atomic mass is 10.1. The third kappa shape index (κ3) is 3.66. The number of sulfonamides is 1. The van der Waals surface area contributed by atoms with E-state index in [9.17, 15) is 18.0 Å². The lowest BCUT2D eigenvalue weighted by Gasteiger charge is -2.33. The van der Waals surface area contributed by atoms with E-state index < -0.39 is 10.0 Å². The second-order valence-electron chi connectivity index (χ2n) is 6.90. The predicted octanol–water partition coefficient (Wildman–Crippen LogP) is 1.10. The van der Waals surface area contributed by atoms with Crippen LogP contribution in [0.1, 0.15) is 10.5 Å². The highest BCUT2D eigenvalue weighted by Gasteiger charge is 2.29. The van der Waals surface area contributed by atoms with Crippen molar-refractivity contribution in [3.8, 4) is 5.69 Å². The van der Waals surface area contributed by atoms with E-state index in [0.29, 0.717) is 16.5 Å². The van der Waals surface area contributed by atoms with Crippen LogP contribution in [0.25, 0.3) is 16.5 Å². The summed E-state index contributed by atoms with van der Waals surface area (Å²) in [7, 11) is -3.29. The molecule has 8 nitrogen and oxygen atoms in total. The lowest BCUT2D eigenvalue weighted by Crippen LogP contribution is -2.50. The highest BCUT2D eigenvalue weighted by Crippen LogP contribution is 2.18. The molecule has 29 heavy (non-hydrogen) atoms. The minimum Gasteiger partial charge on any atom is -0.335 e. The molecule has 2 heterocycles. The molecule has 1 saturated heterocycles. The number of carbonyl (C=O) groups is 1. The number of hydrogen-bond acceptors (Lipinski definition) is 5. The van der Waals surface area contributed by atoms with Crippen molar-refractivity contribution in [2.75, 3.05) is 32.4 Å². The Balaban J connectivity index is 1.77. The highest BCUT2D eigenvalue weighted by atomic mass is 32.2. The van der Waals surface area contributed by atoms with Crippen LogP contribution in [0.5, 0.6) is 0 Å². The second-order valence-corrected chi connectivity index (χ2v) is 8.88. The number of hydrogen-bond donors (Lipinski definition) is 0. The fourth-order valence-electron chi connectivity index (χ4n) is 3.46. The fourth-order valence-corrected chi connectivity index (χ4v) is 4.29. The van der Waals surface area contributed by atoms with Gasteiger partial charge in [-0.2, -0.15) is 14.1 Å². The Bertz CT molecular complexity index is 1230. The van der Waals surface area contributed by atoms with Gasteiger partial charge in [0.1, 0.15) is 0 Å². The minimum absolute atomic E-state index is 0.178. The van der Waals surface area contributed by atoms with Gasteiger partial charge in [0.25, 0.3) is 11.5 Å². The maximum atomic E-state index is 13.2. The maximum absolute atomic E-state index is 13.2. The van der Waals surface area contributed by atoms with Gasteiger partial charge in [0.15, 0.2) is 5.69 Å². The maximum Gasteiger partial charge on any atom is 0.279 e. The van der Waals surface area contributed by atoms with Crippen molar-refractivity contribution < 1.29 is 13.2 Å². The number of benzene rings is 2. The molecule has 1 amide bonds. The molecule has 0 aliphatic carbocycles. The minimum atomic E-state index is -3.29. The molecule has 0 spiro atoms. The first kappa shape index (κ1) is 19.3. The van der Waals surface area contributed by atoms with E-state index in [-0.39, 0.29) is 43.3 Å². The monoisotopic (exact) mass is 412 g/mol. The van der Waals surface area contributed by atoms with Crippen LogP contribution in [0, 0.1) is 0 Å². The average Bonchev–Trinajstić information content (AvgIpc) is 2.74. The summed E-state index contributed by atoms with van der Waals surface area (Å²) in [4.78, 5) is 27.8. The van der Waals surface area contributed by atoms with Crippen LogP contribution in [0.4, 0.5) is 0 Å². The highest BCUT2D eigenvalue weighted by molar-refractivity contribution is 7.88. The predicted molar refractivity (Wildman–Crippen MR) is 110 cm³/mol. The van der Waals surface area contributed by atoms with Crippen molar-refractivity contribution >= 4 is 26.7 Å². The number of piperazine rings is 1. The van der Waals surface area contributed by atoms with Crippen LogP contribution in [-0.2, 0) is 10.0 Å². The Labute approximate surface area is 168 Å². The molecule has 0 unspecified atom stereocenters. The van der Waals surface area contributed by atoms with Crippen molar-refractivity contribution in [2.24, 2.45) is 0 Å². The van der Waals surface area contributed by atoms with E-state index in [1.807, 2.05) is 6.07 Å². The molecule has 1 aliphatic heterocycles. The van der Waals surface area contributed by atoms with E-state index in [4.69, 9.17) is 0 Å². The summed E-state index contributed by atoms with van der Waals surface area (Å²) >= 11 is 0. The van der Waals surface area contributed by atoms with Crippen LogP contribution in [0.2, 0.25) is 0 Å². The number of amides is 1.